The van der Waals surface area contributed by atoms with Crippen LogP contribution < -0.4 is 14.8 Å². The molecular weight excluding hydrogens is 358 g/mol. The van der Waals surface area contributed by atoms with Crippen LogP contribution in [0.3, 0.4) is 0 Å². The number of thioether (sulfide) groups is 1. The summed E-state index contributed by atoms with van der Waals surface area (Å²) in [5.74, 6) is 0.194. The summed E-state index contributed by atoms with van der Waals surface area (Å²) in [4.78, 5) is 23.1. The molecule has 0 aromatic heterocycles. The Bertz CT molecular complexity index is 787. The molecule has 1 aromatic carbocycles. The summed E-state index contributed by atoms with van der Waals surface area (Å²) in [5.41, 5.74) is 0.755. The minimum atomic E-state index is -0.608. The van der Waals surface area contributed by atoms with E-state index in [2.05, 4.69) is 20.3 Å². The quantitative estimate of drug-likeness (QED) is 0.353. The summed E-state index contributed by atoms with van der Waals surface area (Å²) in [6.07, 6.45) is 2.63. The van der Waals surface area contributed by atoms with Gasteiger partial charge in [-0.05, 0) is 49.4 Å². The Morgan fingerprint density at radius 2 is 2.04 bits per heavy atom. The van der Waals surface area contributed by atoms with E-state index in [1.54, 1.807) is 25.3 Å². The summed E-state index contributed by atoms with van der Waals surface area (Å²) >= 11 is 1.01. The molecular formula is C17H19N3O5S. The zero-order valence-corrected chi connectivity index (χ0v) is 15.6. The van der Waals surface area contributed by atoms with Crippen molar-refractivity contribution < 1.29 is 23.8 Å². The van der Waals surface area contributed by atoms with Gasteiger partial charge in [0.15, 0.2) is 16.7 Å². The minimum absolute atomic E-state index is 0.00134. The SMILES string of the molecule is COC(=O)/C=C1/S/C(=N\N=Cc2ccc(OC)c(OC(C)C)c2)NC1=O. The monoisotopic (exact) mass is 377 g/mol. The number of carbonyl (C=O) groups excluding carboxylic acids is 2. The summed E-state index contributed by atoms with van der Waals surface area (Å²) in [5, 5.41) is 10.7. The molecule has 0 atom stereocenters. The number of hydrogen-bond acceptors (Lipinski definition) is 8. The number of amidine groups is 1. The Labute approximate surface area is 155 Å². The van der Waals surface area contributed by atoms with Gasteiger partial charge in [-0.1, -0.05) is 0 Å². The van der Waals surface area contributed by atoms with Crippen molar-refractivity contribution in [3.63, 3.8) is 0 Å². The van der Waals surface area contributed by atoms with Crippen LogP contribution in [0.15, 0.2) is 39.4 Å². The third kappa shape index (κ3) is 5.35. The summed E-state index contributed by atoms with van der Waals surface area (Å²) in [6.45, 7) is 3.84. The molecule has 0 unspecified atom stereocenters. The fraction of sp³-hybridized carbons (Fsp3) is 0.294. The number of nitrogens with zero attached hydrogens (tertiary/aromatic N) is 2. The van der Waals surface area contributed by atoms with E-state index in [1.807, 2.05) is 13.8 Å². The third-order valence-electron chi connectivity index (χ3n) is 3.01. The lowest BCUT2D eigenvalue weighted by atomic mass is 10.2. The molecule has 1 aliphatic rings. The first kappa shape index (κ1) is 19.5. The minimum Gasteiger partial charge on any atom is -0.493 e. The molecule has 0 bridgehead atoms. The Kier molecular flexibility index (Phi) is 6.79. The zero-order valence-electron chi connectivity index (χ0n) is 14.8. The molecule has 1 N–H and O–H groups in total. The van der Waals surface area contributed by atoms with E-state index in [-0.39, 0.29) is 16.2 Å². The van der Waals surface area contributed by atoms with E-state index < -0.39 is 11.9 Å². The molecule has 0 saturated carbocycles. The molecule has 1 aliphatic heterocycles. The molecule has 2 rings (SSSR count). The zero-order chi connectivity index (χ0) is 19.1. The van der Waals surface area contributed by atoms with Crippen molar-refractivity contribution >= 4 is 35.0 Å². The van der Waals surface area contributed by atoms with Gasteiger partial charge in [-0.15, -0.1) is 5.10 Å². The smallest absolute Gasteiger partial charge is 0.331 e. The maximum Gasteiger partial charge on any atom is 0.331 e. The number of ether oxygens (including phenoxy) is 3. The second kappa shape index (κ2) is 9.04. The highest BCUT2D eigenvalue weighted by atomic mass is 32.2. The predicted molar refractivity (Wildman–Crippen MR) is 99.6 cm³/mol. The first-order valence-corrected chi connectivity index (χ1v) is 8.49. The molecule has 1 amide bonds. The summed E-state index contributed by atoms with van der Waals surface area (Å²) in [6, 6.07) is 5.36. The van der Waals surface area contributed by atoms with Crippen molar-refractivity contribution in [3.05, 3.63) is 34.7 Å². The fourth-order valence-electron chi connectivity index (χ4n) is 1.91. The average Bonchev–Trinajstić information content (AvgIpc) is 2.94. The number of hydrogen-bond donors (Lipinski definition) is 1. The highest BCUT2D eigenvalue weighted by Crippen LogP contribution is 2.28. The number of benzene rings is 1. The molecule has 0 aliphatic carbocycles. The molecule has 1 aromatic rings. The number of nitrogens with one attached hydrogen (secondary N) is 1. The molecule has 0 radical (unpaired) electrons. The summed E-state index contributed by atoms with van der Waals surface area (Å²) in [7, 11) is 2.81. The predicted octanol–water partition coefficient (Wildman–Crippen LogP) is 2.09. The highest BCUT2D eigenvalue weighted by molar-refractivity contribution is 8.18. The lowest BCUT2D eigenvalue weighted by molar-refractivity contribution is -0.135. The van der Waals surface area contributed by atoms with Crippen molar-refractivity contribution in [2.24, 2.45) is 10.2 Å². The van der Waals surface area contributed by atoms with Crippen LogP contribution in [0.1, 0.15) is 19.4 Å². The second-order valence-electron chi connectivity index (χ2n) is 5.31. The van der Waals surface area contributed by atoms with Crippen molar-refractivity contribution in [1.82, 2.24) is 5.32 Å². The van der Waals surface area contributed by atoms with Crippen molar-refractivity contribution in [2.45, 2.75) is 20.0 Å². The van der Waals surface area contributed by atoms with Crippen LogP contribution >= 0.6 is 11.8 Å². The van der Waals surface area contributed by atoms with Gasteiger partial charge < -0.3 is 14.2 Å². The Morgan fingerprint density at radius 3 is 2.69 bits per heavy atom. The first-order valence-electron chi connectivity index (χ1n) is 7.67. The maximum absolute atomic E-state index is 11.7. The largest absolute Gasteiger partial charge is 0.493 e. The molecule has 1 fully saturated rings. The fourth-order valence-corrected chi connectivity index (χ4v) is 2.65. The first-order chi connectivity index (χ1) is 12.4. The lowest BCUT2D eigenvalue weighted by Crippen LogP contribution is -2.19. The van der Waals surface area contributed by atoms with E-state index in [9.17, 15) is 9.59 Å². The van der Waals surface area contributed by atoms with Crippen LogP contribution in [0.25, 0.3) is 0 Å². The number of rotatable bonds is 6. The number of methoxy groups -OCH3 is 2. The Hall–Kier alpha value is -2.81. The standard InChI is InChI=1S/C17H19N3O5S/c1-10(2)25-13-7-11(5-6-12(13)23-3)9-18-20-17-19-16(22)14(26-17)8-15(21)24-4/h5-10H,1-4H3,(H,19,20,22)/b14-8+,18-9?. The third-order valence-corrected chi connectivity index (χ3v) is 3.91. The van der Waals surface area contributed by atoms with Gasteiger partial charge in [0.1, 0.15) is 0 Å². The van der Waals surface area contributed by atoms with Crippen LogP contribution in [0.2, 0.25) is 0 Å². The van der Waals surface area contributed by atoms with E-state index in [0.717, 1.165) is 23.4 Å². The van der Waals surface area contributed by atoms with Crippen molar-refractivity contribution in [2.75, 3.05) is 14.2 Å². The van der Waals surface area contributed by atoms with Crippen molar-refractivity contribution in [3.8, 4) is 11.5 Å². The number of esters is 1. The van der Waals surface area contributed by atoms with Gasteiger partial charge in [0.05, 0.1) is 31.4 Å². The highest BCUT2D eigenvalue weighted by Gasteiger charge is 2.24. The van der Waals surface area contributed by atoms with Gasteiger partial charge in [-0.3, -0.25) is 10.1 Å². The van der Waals surface area contributed by atoms with E-state index >= 15 is 0 Å². The van der Waals surface area contributed by atoms with Crippen LogP contribution in [0.4, 0.5) is 0 Å². The molecule has 8 nitrogen and oxygen atoms in total. The topological polar surface area (TPSA) is 98.6 Å². The van der Waals surface area contributed by atoms with Gasteiger partial charge >= 0.3 is 5.97 Å². The van der Waals surface area contributed by atoms with Crippen LogP contribution in [-0.4, -0.2) is 43.6 Å². The molecule has 9 heteroatoms. The van der Waals surface area contributed by atoms with Gasteiger partial charge in [-0.25, -0.2) is 4.79 Å². The second-order valence-corrected chi connectivity index (χ2v) is 6.35. The van der Waals surface area contributed by atoms with Crippen LogP contribution in [0.5, 0.6) is 11.5 Å². The lowest BCUT2D eigenvalue weighted by Gasteiger charge is -2.13. The summed E-state index contributed by atoms with van der Waals surface area (Å²) < 4.78 is 15.4. The van der Waals surface area contributed by atoms with Gasteiger partial charge in [-0.2, -0.15) is 5.10 Å². The molecule has 26 heavy (non-hydrogen) atoms. The van der Waals surface area contributed by atoms with Gasteiger partial charge in [0.25, 0.3) is 5.91 Å². The Balaban J connectivity index is 2.11. The average molecular weight is 377 g/mol. The molecule has 1 heterocycles. The molecule has 138 valence electrons. The van der Waals surface area contributed by atoms with Crippen LogP contribution in [-0.2, 0) is 14.3 Å². The molecule has 1 saturated heterocycles. The normalized spacial score (nSPS) is 17.2. The molecule has 0 spiro atoms. The van der Waals surface area contributed by atoms with Gasteiger partial charge in [0, 0.05) is 6.08 Å². The number of carbonyl (C=O) groups is 2. The van der Waals surface area contributed by atoms with E-state index in [1.165, 1.54) is 13.3 Å². The van der Waals surface area contributed by atoms with Gasteiger partial charge in [0.2, 0.25) is 0 Å². The number of amides is 1. The Morgan fingerprint density at radius 1 is 1.27 bits per heavy atom. The maximum atomic E-state index is 11.7. The van der Waals surface area contributed by atoms with Crippen molar-refractivity contribution in [1.29, 1.82) is 0 Å². The van der Waals surface area contributed by atoms with Crippen LogP contribution in [0, 0.1) is 0 Å². The van der Waals surface area contributed by atoms with E-state index in [4.69, 9.17) is 9.47 Å². The van der Waals surface area contributed by atoms with E-state index in [0.29, 0.717) is 11.5 Å².